The molecule has 0 heterocycles. The zero-order chi connectivity index (χ0) is 12.1. The minimum atomic E-state index is -0.783. The molecule has 1 aromatic carbocycles. The number of aromatic hydroxyl groups is 1. The van der Waals surface area contributed by atoms with E-state index >= 15 is 0 Å². The third kappa shape index (κ3) is 2.59. The van der Waals surface area contributed by atoms with Gasteiger partial charge in [0.1, 0.15) is 23.7 Å². The van der Waals surface area contributed by atoms with Crippen molar-refractivity contribution in [3.8, 4) is 17.9 Å². The van der Waals surface area contributed by atoms with E-state index in [1.54, 1.807) is 0 Å². The molecule has 7 heteroatoms. The lowest BCUT2D eigenvalue weighted by Crippen LogP contribution is -1.97. The summed E-state index contributed by atoms with van der Waals surface area (Å²) in [6.45, 7) is 0. The molecule has 0 aromatic heterocycles. The molecular weight excluding hydrogens is 235 g/mol. The van der Waals surface area contributed by atoms with Crippen LogP contribution in [-0.4, -0.2) is 10.8 Å². The van der Waals surface area contributed by atoms with Crippen LogP contribution in [0.1, 0.15) is 0 Å². The molecule has 0 fully saturated rings. The van der Waals surface area contributed by atoms with E-state index in [0.29, 0.717) is 0 Å². The Morgan fingerprint density at radius 3 is 2.62 bits per heavy atom. The van der Waals surface area contributed by atoms with Crippen LogP contribution in [0.15, 0.2) is 17.2 Å². The Balaban J connectivity index is 3.01. The quantitative estimate of drug-likeness (QED) is 0.468. The van der Waals surface area contributed by atoms with Gasteiger partial charge in [-0.2, -0.15) is 15.6 Å². The van der Waals surface area contributed by atoms with E-state index < -0.39 is 17.3 Å². The number of phenolic OH excluding ortho intramolecular Hbond substituents is 1. The van der Waals surface area contributed by atoms with Crippen LogP contribution in [-0.2, 0) is 0 Å². The van der Waals surface area contributed by atoms with Gasteiger partial charge in [0.15, 0.2) is 0 Å². The molecule has 0 saturated carbocycles. The smallest absolute Gasteiger partial charge is 0.237 e. The van der Waals surface area contributed by atoms with Gasteiger partial charge in [-0.05, 0) is 6.07 Å². The third-order valence-corrected chi connectivity index (χ3v) is 1.83. The monoisotopic (exact) mass is 238 g/mol. The van der Waals surface area contributed by atoms with Gasteiger partial charge < -0.3 is 5.11 Å². The van der Waals surface area contributed by atoms with Gasteiger partial charge in [-0.3, -0.25) is 5.43 Å². The van der Waals surface area contributed by atoms with Crippen LogP contribution in [0.2, 0.25) is 5.02 Å². The van der Waals surface area contributed by atoms with Gasteiger partial charge in [0.25, 0.3) is 0 Å². The van der Waals surface area contributed by atoms with Crippen molar-refractivity contribution in [1.29, 1.82) is 10.5 Å². The summed E-state index contributed by atoms with van der Waals surface area (Å²) in [6.07, 6.45) is 0. The maximum Gasteiger partial charge on any atom is 0.237 e. The Labute approximate surface area is 95.0 Å². The lowest BCUT2D eigenvalue weighted by atomic mass is 10.3. The summed E-state index contributed by atoms with van der Waals surface area (Å²) in [5.74, 6) is -1.21. The topological polar surface area (TPSA) is 92.2 Å². The van der Waals surface area contributed by atoms with Crippen molar-refractivity contribution in [3.63, 3.8) is 0 Å². The SMILES string of the molecule is N#CC(C#N)=NNc1cc(Cl)c(F)cc1O. The van der Waals surface area contributed by atoms with Crippen LogP contribution in [0.5, 0.6) is 5.75 Å². The number of nitriles is 2. The number of phenols is 1. The second-order valence-corrected chi connectivity index (χ2v) is 2.99. The summed E-state index contributed by atoms with van der Waals surface area (Å²) in [5.41, 5.74) is 1.79. The van der Waals surface area contributed by atoms with Crippen LogP contribution in [0, 0.1) is 28.5 Å². The molecule has 2 N–H and O–H groups in total. The van der Waals surface area contributed by atoms with E-state index in [1.807, 2.05) is 0 Å². The van der Waals surface area contributed by atoms with Gasteiger partial charge in [0, 0.05) is 6.07 Å². The van der Waals surface area contributed by atoms with Gasteiger partial charge in [-0.1, -0.05) is 11.6 Å². The number of nitrogens with one attached hydrogen (secondary N) is 1. The molecule has 1 rings (SSSR count). The molecule has 0 aliphatic rings. The summed E-state index contributed by atoms with van der Waals surface area (Å²) in [7, 11) is 0. The molecular formula is C9H4ClFN4O. The number of benzene rings is 1. The molecule has 0 spiro atoms. The summed E-state index contributed by atoms with van der Waals surface area (Å²) in [5, 5.41) is 29.2. The van der Waals surface area contributed by atoms with E-state index in [0.717, 1.165) is 12.1 Å². The second kappa shape index (κ2) is 4.96. The number of hydrogen-bond acceptors (Lipinski definition) is 5. The fraction of sp³-hybridized carbons (Fsp3) is 0. The zero-order valence-electron chi connectivity index (χ0n) is 7.70. The van der Waals surface area contributed by atoms with Crippen molar-refractivity contribution in [1.82, 2.24) is 0 Å². The molecule has 0 unspecified atom stereocenters. The lowest BCUT2D eigenvalue weighted by molar-refractivity contribution is 0.471. The fourth-order valence-electron chi connectivity index (χ4n) is 0.817. The first-order chi connectivity index (χ1) is 7.58. The Kier molecular flexibility index (Phi) is 3.65. The molecule has 0 aliphatic heterocycles. The van der Waals surface area contributed by atoms with E-state index in [9.17, 15) is 9.50 Å². The third-order valence-electron chi connectivity index (χ3n) is 1.54. The van der Waals surface area contributed by atoms with E-state index in [2.05, 4.69) is 10.5 Å². The van der Waals surface area contributed by atoms with Gasteiger partial charge in [0.05, 0.1) is 10.7 Å². The standard InChI is InChI=1S/C9H4ClFN4O/c10-6-1-8(9(16)2-7(6)11)15-14-5(3-12)4-13/h1-2,15-16H. The molecule has 0 radical (unpaired) electrons. The molecule has 0 saturated heterocycles. The Bertz CT molecular complexity index is 514. The Hall–Kier alpha value is -2.31. The first kappa shape index (κ1) is 11.8. The number of hydrazone groups is 1. The average molecular weight is 239 g/mol. The van der Waals surface area contributed by atoms with Crippen LogP contribution in [0.3, 0.4) is 0 Å². The highest BCUT2D eigenvalue weighted by atomic mass is 35.5. The van der Waals surface area contributed by atoms with Crippen molar-refractivity contribution in [2.45, 2.75) is 0 Å². The van der Waals surface area contributed by atoms with Gasteiger partial charge in [0.2, 0.25) is 5.71 Å². The summed E-state index contributed by atoms with van der Waals surface area (Å²) < 4.78 is 12.8. The normalized spacial score (nSPS) is 8.75. The number of nitrogens with zero attached hydrogens (tertiary/aromatic N) is 3. The minimum Gasteiger partial charge on any atom is -0.506 e. The molecule has 1 aromatic rings. The molecule has 0 aliphatic carbocycles. The van der Waals surface area contributed by atoms with Gasteiger partial charge in [-0.15, -0.1) is 0 Å². The van der Waals surface area contributed by atoms with Crippen molar-refractivity contribution in [3.05, 3.63) is 23.0 Å². The van der Waals surface area contributed by atoms with Crippen molar-refractivity contribution < 1.29 is 9.50 Å². The predicted octanol–water partition coefficient (Wildman–Crippen LogP) is 2.00. The largest absolute Gasteiger partial charge is 0.506 e. The van der Waals surface area contributed by atoms with E-state index in [4.69, 9.17) is 22.1 Å². The van der Waals surface area contributed by atoms with Gasteiger partial charge in [-0.25, -0.2) is 4.39 Å². The Morgan fingerprint density at radius 2 is 2.06 bits per heavy atom. The highest BCUT2D eigenvalue weighted by Gasteiger charge is 2.07. The zero-order valence-corrected chi connectivity index (χ0v) is 8.46. The molecule has 80 valence electrons. The molecule has 0 atom stereocenters. The van der Waals surface area contributed by atoms with Crippen molar-refractivity contribution in [2.75, 3.05) is 5.43 Å². The van der Waals surface area contributed by atoms with E-state index in [1.165, 1.54) is 12.1 Å². The Morgan fingerprint density at radius 1 is 1.44 bits per heavy atom. The fourth-order valence-corrected chi connectivity index (χ4v) is 0.981. The maximum absolute atomic E-state index is 12.8. The number of halogens is 2. The first-order valence-corrected chi connectivity index (χ1v) is 4.28. The second-order valence-electron chi connectivity index (χ2n) is 2.58. The molecule has 0 amide bonds. The minimum absolute atomic E-state index is 0.00519. The van der Waals surface area contributed by atoms with Crippen LogP contribution in [0.4, 0.5) is 10.1 Å². The molecule has 0 bridgehead atoms. The van der Waals surface area contributed by atoms with Crippen LogP contribution in [0.25, 0.3) is 0 Å². The van der Waals surface area contributed by atoms with Crippen LogP contribution >= 0.6 is 11.6 Å². The average Bonchev–Trinajstić information content (AvgIpc) is 2.26. The summed E-state index contributed by atoms with van der Waals surface area (Å²) in [4.78, 5) is 0. The summed E-state index contributed by atoms with van der Waals surface area (Å²) in [6, 6.07) is 4.89. The molecule has 16 heavy (non-hydrogen) atoms. The van der Waals surface area contributed by atoms with Crippen molar-refractivity contribution >= 4 is 23.0 Å². The first-order valence-electron chi connectivity index (χ1n) is 3.90. The maximum atomic E-state index is 12.8. The number of anilines is 1. The molecule has 5 nitrogen and oxygen atoms in total. The lowest BCUT2D eigenvalue weighted by Gasteiger charge is -2.04. The van der Waals surface area contributed by atoms with E-state index in [-0.39, 0.29) is 10.7 Å². The number of rotatable bonds is 2. The van der Waals surface area contributed by atoms with Gasteiger partial charge >= 0.3 is 0 Å². The number of hydrogen-bond donors (Lipinski definition) is 2. The van der Waals surface area contributed by atoms with Crippen LogP contribution < -0.4 is 5.43 Å². The predicted molar refractivity (Wildman–Crippen MR) is 55.4 cm³/mol. The highest BCUT2D eigenvalue weighted by molar-refractivity contribution is 6.31. The summed E-state index contributed by atoms with van der Waals surface area (Å²) >= 11 is 5.46. The van der Waals surface area contributed by atoms with Crippen molar-refractivity contribution in [2.24, 2.45) is 5.10 Å². The highest BCUT2D eigenvalue weighted by Crippen LogP contribution is 2.29.